The van der Waals surface area contributed by atoms with Gasteiger partial charge in [0.15, 0.2) is 9.84 Å². The maximum Gasteiger partial charge on any atom is 0.312 e. The molecule has 1 atom stereocenters. The van der Waals surface area contributed by atoms with Crippen LogP contribution in [0.15, 0.2) is 64.0 Å². The molecular formula is C15H13BrO4S. The average Bonchev–Trinajstić information content (AvgIpc) is 2.46. The lowest BCUT2D eigenvalue weighted by Gasteiger charge is -2.14. The SMILES string of the molecule is O=C(O)C(CS(=O)(=O)c1ccccc1Br)c1ccccc1. The van der Waals surface area contributed by atoms with Crippen LogP contribution in [0, 0.1) is 0 Å². The Labute approximate surface area is 131 Å². The fourth-order valence-corrected chi connectivity index (χ4v) is 4.63. The molecule has 1 unspecified atom stereocenters. The minimum atomic E-state index is -3.71. The maximum atomic E-state index is 12.4. The van der Waals surface area contributed by atoms with E-state index < -0.39 is 27.5 Å². The van der Waals surface area contributed by atoms with Gasteiger partial charge in [-0.05, 0) is 33.6 Å². The van der Waals surface area contributed by atoms with Crippen LogP contribution in [-0.4, -0.2) is 25.2 Å². The van der Waals surface area contributed by atoms with Crippen molar-refractivity contribution in [2.24, 2.45) is 0 Å². The molecule has 110 valence electrons. The van der Waals surface area contributed by atoms with E-state index in [0.29, 0.717) is 10.0 Å². The highest BCUT2D eigenvalue weighted by molar-refractivity contribution is 9.10. The van der Waals surface area contributed by atoms with E-state index in [2.05, 4.69) is 15.9 Å². The summed E-state index contributed by atoms with van der Waals surface area (Å²) in [6.07, 6.45) is 0. The third kappa shape index (κ3) is 3.71. The Kier molecular flexibility index (Phi) is 4.80. The molecule has 0 amide bonds. The van der Waals surface area contributed by atoms with Gasteiger partial charge in [0, 0.05) is 4.47 Å². The van der Waals surface area contributed by atoms with E-state index in [1.807, 2.05) is 0 Å². The van der Waals surface area contributed by atoms with Gasteiger partial charge in [-0.15, -0.1) is 0 Å². The molecule has 0 heterocycles. The summed E-state index contributed by atoms with van der Waals surface area (Å²) >= 11 is 3.19. The molecule has 0 bridgehead atoms. The lowest BCUT2D eigenvalue weighted by molar-refractivity contribution is -0.138. The van der Waals surface area contributed by atoms with Crippen LogP contribution in [0.25, 0.3) is 0 Å². The van der Waals surface area contributed by atoms with Gasteiger partial charge in [0.05, 0.1) is 16.6 Å². The van der Waals surface area contributed by atoms with Gasteiger partial charge >= 0.3 is 5.97 Å². The Balaban J connectivity index is 2.38. The number of rotatable bonds is 5. The summed E-state index contributed by atoms with van der Waals surface area (Å²) in [6.45, 7) is 0. The van der Waals surface area contributed by atoms with E-state index in [9.17, 15) is 18.3 Å². The van der Waals surface area contributed by atoms with Crippen LogP contribution in [0.4, 0.5) is 0 Å². The van der Waals surface area contributed by atoms with Gasteiger partial charge in [0.2, 0.25) is 0 Å². The van der Waals surface area contributed by atoms with Crippen LogP contribution in [0.2, 0.25) is 0 Å². The van der Waals surface area contributed by atoms with Gasteiger partial charge in [0.1, 0.15) is 0 Å². The predicted molar refractivity (Wildman–Crippen MR) is 83.0 cm³/mol. The van der Waals surface area contributed by atoms with E-state index in [4.69, 9.17) is 0 Å². The monoisotopic (exact) mass is 368 g/mol. The molecular weight excluding hydrogens is 356 g/mol. The third-order valence-corrected chi connectivity index (χ3v) is 5.81. The zero-order valence-corrected chi connectivity index (χ0v) is 13.3. The molecule has 0 aliphatic heterocycles. The molecule has 1 N–H and O–H groups in total. The largest absolute Gasteiger partial charge is 0.481 e. The van der Waals surface area contributed by atoms with Gasteiger partial charge in [-0.3, -0.25) is 4.79 Å². The van der Waals surface area contributed by atoms with Crippen LogP contribution in [-0.2, 0) is 14.6 Å². The maximum absolute atomic E-state index is 12.4. The molecule has 21 heavy (non-hydrogen) atoms. The standard InChI is InChI=1S/C15H13BrO4S/c16-13-8-4-5-9-14(13)21(19,20)10-12(15(17)18)11-6-2-1-3-7-11/h1-9,12H,10H2,(H,17,18). The number of sulfone groups is 1. The van der Waals surface area contributed by atoms with Crippen LogP contribution in [0.3, 0.4) is 0 Å². The fourth-order valence-electron chi connectivity index (χ4n) is 2.00. The third-order valence-electron chi connectivity index (χ3n) is 3.06. The predicted octanol–water partition coefficient (Wildman–Crippen LogP) is 3.09. The van der Waals surface area contributed by atoms with E-state index in [1.54, 1.807) is 48.5 Å². The minimum absolute atomic E-state index is 0.104. The number of benzene rings is 2. The number of hydrogen-bond donors (Lipinski definition) is 1. The molecule has 0 saturated carbocycles. The van der Waals surface area contributed by atoms with Crippen molar-refractivity contribution in [3.63, 3.8) is 0 Å². The second-order valence-corrected chi connectivity index (χ2v) is 7.37. The molecule has 4 nitrogen and oxygen atoms in total. The van der Waals surface area contributed by atoms with Crippen molar-refractivity contribution in [2.45, 2.75) is 10.8 Å². The van der Waals surface area contributed by atoms with Crippen molar-refractivity contribution >= 4 is 31.7 Å². The summed E-state index contributed by atoms with van der Waals surface area (Å²) in [7, 11) is -3.71. The first-order valence-electron chi connectivity index (χ1n) is 6.17. The molecule has 0 radical (unpaired) electrons. The van der Waals surface area contributed by atoms with E-state index in [0.717, 1.165) is 0 Å². The van der Waals surface area contributed by atoms with Crippen LogP contribution < -0.4 is 0 Å². The summed E-state index contributed by atoms with van der Waals surface area (Å²) in [5.41, 5.74) is 0.473. The lowest BCUT2D eigenvalue weighted by atomic mass is 10.0. The molecule has 0 aliphatic rings. The Morgan fingerprint density at radius 3 is 2.19 bits per heavy atom. The normalized spacial score (nSPS) is 12.8. The Hall–Kier alpha value is -1.66. The molecule has 0 aromatic heterocycles. The van der Waals surface area contributed by atoms with Crippen molar-refractivity contribution in [1.29, 1.82) is 0 Å². The molecule has 0 fully saturated rings. The number of aliphatic carboxylic acids is 1. The van der Waals surface area contributed by atoms with Crippen molar-refractivity contribution in [1.82, 2.24) is 0 Å². The molecule has 6 heteroatoms. The summed E-state index contributed by atoms with van der Waals surface area (Å²) in [5.74, 6) is -2.73. The number of carboxylic acid groups (broad SMARTS) is 1. The quantitative estimate of drug-likeness (QED) is 0.879. The van der Waals surface area contributed by atoms with Gasteiger partial charge in [0.25, 0.3) is 0 Å². The van der Waals surface area contributed by atoms with Gasteiger partial charge < -0.3 is 5.11 Å². The molecule has 2 rings (SSSR count). The van der Waals surface area contributed by atoms with Crippen LogP contribution in [0.1, 0.15) is 11.5 Å². The van der Waals surface area contributed by atoms with E-state index in [1.165, 1.54) is 6.07 Å². The van der Waals surface area contributed by atoms with Crippen molar-refractivity contribution in [3.05, 3.63) is 64.6 Å². The van der Waals surface area contributed by atoms with Gasteiger partial charge in [-0.2, -0.15) is 0 Å². The highest BCUT2D eigenvalue weighted by Crippen LogP contribution is 2.27. The van der Waals surface area contributed by atoms with E-state index in [-0.39, 0.29) is 4.90 Å². The second-order valence-electron chi connectivity index (χ2n) is 4.51. The van der Waals surface area contributed by atoms with E-state index >= 15 is 0 Å². The Bertz CT molecular complexity index is 741. The smallest absolute Gasteiger partial charge is 0.312 e. The number of carbonyl (C=O) groups is 1. The zero-order chi connectivity index (χ0) is 15.5. The summed E-state index contributed by atoms with van der Waals surface area (Å²) in [6, 6.07) is 14.8. The summed E-state index contributed by atoms with van der Waals surface area (Å²) in [5, 5.41) is 9.33. The van der Waals surface area contributed by atoms with Gasteiger partial charge in [-0.1, -0.05) is 42.5 Å². The van der Waals surface area contributed by atoms with Crippen molar-refractivity contribution < 1.29 is 18.3 Å². The number of carboxylic acids is 1. The fraction of sp³-hybridized carbons (Fsp3) is 0.133. The van der Waals surface area contributed by atoms with Gasteiger partial charge in [-0.25, -0.2) is 8.42 Å². The topological polar surface area (TPSA) is 71.4 Å². The highest BCUT2D eigenvalue weighted by Gasteiger charge is 2.29. The molecule has 0 aliphatic carbocycles. The molecule has 0 spiro atoms. The van der Waals surface area contributed by atoms with Crippen molar-refractivity contribution in [2.75, 3.05) is 5.75 Å². The lowest BCUT2D eigenvalue weighted by Crippen LogP contribution is -2.22. The zero-order valence-electron chi connectivity index (χ0n) is 10.9. The number of hydrogen-bond acceptors (Lipinski definition) is 3. The second kappa shape index (κ2) is 6.41. The van der Waals surface area contributed by atoms with Crippen LogP contribution in [0.5, 0.6) is 0 Å². The molecule has 0 saturated heterocycles. The number of halogens is 1. The average molecular weight is 369 g/mol. The summed E-state index contributed by atoms with van der Waals surface area (Å²) in [4.78, 5) is 11.5. The summed E-state index contributed by atoms with van der Waals surface area (Å²) < 4.78 is 25.3. The Morgan fingerprint density at radius 1 is 1.05 bits per heavy atom. The highest BCUT2D eigenvalue weighted by atomic mass is 79.9. The molecule has 2 aromatic carbocycles. The molecule has 2 aromatic rings. The minimum Gasteiger partial charge on any atom is -0.481 e. The first-order chi connectivity index (χ1) is 9.92. The first kappa shape index (κ1) is 15.7. The van der Waals surface area contributed by atoms with Crippen molar-refractivity contribution in [3.8, 4) is 0 Å². The van der Waals surface area contributed by atoms with Crippen LogP contribution >= 0.6 is 15.9 Å². The first-order valence-corrected chi connectivity index (χ1v) is 8.61. The Morgan fingerprint density at radius 2 is 1.62 bits per heavy atom.